The molecule has 0 bridgehead atoms. The first-order valence-electron chi connectivity index (χ1n) is 4.98. The van der Waals surface area contributed by atoms with Crippen LogP contribution in [-0.4, -0.2) is 4.98 Å². The van der Waals surface area contributed by atoms with Gasteiger partial charge in [-0.15, -0.1) is 11.3 Å². The molecule has 2 rings (SSSR count). The molecule has 0 spiro atoms. The van der Waals surface area contributed by atoms with Crippen molar-refractivity contribution in [3.05, 3.63) is 38.6 Å². The minimum atomic E-state index is -4.86. The Labute approximate surface area is 121 Å². The maximum atomic E-state index is 12.7. The summed E-state index contributed by atoms with van der Waals surface area (Å²) in [7, 11) is 0. The lowest BCUT2D eigenvalue weighted by Gasteiger charge is -2.13. The minimum absolute atomic E-state index is 0.0541. The van der Waals surface area contributed by atoms with Gasteiger partial charge in [0.15, 0.2) is 3.92 Å². The zero-order valence-corrected chi connectivity index (χ0v) is 11.7. The van der Waals surface area contributed by atoms with Crippen molar-refractivity contribution in [2.45, 2.75) is 12.4 Å². The Hall–Kier alpha value is -1.09. The van der Waals surface area contributed by atoms with Gasteiger partial charge in [-0.3, -0.25) is 0 Å². The molecule has 20 heavy (non-hydrogen) atoms. The van der Waals surface area contributed by atoms with Crippen LogP contribution in [0.3, 0.4) is 0 Å². The van der Waals surface area contributed by atoms with Crippen LogP contribution in [0.15, 0.2) is 27.5 Å². The van der Waals surface area contributed by atoms with Gasteiger partial charge < -0.3 is 0 Å². The van der Waals surface area contributed by atoms with Crippen molar-refractivity contribution in [3.8, 4) is 11.3 Å². The predicted octanol–water partition coefficient (Wildman–Crippen LogP) is 5.61. The predicted molar refractivity (Wildman–Crippen MR) is 65.3 cm³/mol. The highest BCUT2D eigenvalue weighted by atomic mass is 79.9. The first-order valence-corrected chi connectivity index (χ1v) is 6.65. The quantitative estimate of drug-likeness (QED) is 0.590. The normalized spacial score (nSPS) is 12.8. The number of alkyl halides is 6. The number of thiazole rings is 1. The maximum absolute atomic E-state index is 12.7. The van der Waals surface area contributed by atoms with Crippen molar-refractivity contribution in [2.24, 2.45) is 0 Å². The van der Waals surface area contributed by atoms with E-state index in [9.17, 15) is 26.3 Å². The van der Waals surface area contributed by atoms with Gasteiger partial charge in [0.25, 0.3) is 0 Å². The van der Waals surface area contributed by atoms with Crippen LogP contribution in [0.5, 0.6) is 0 Å². The molecule has 9 heteroatoms. The summed E-state index contributed by atoms with van der Waals surface area (Å²) in [5.41, 5.74) is -2.88. The molecular weight excluding hydrogens is 372 g/mol. The average molecular weight is 376 g/mol. The molecule has 0 N–H and O–H groups in total. The van der Waals surface area contributed by atoms with E-state index in [1.807, 2.05) is 0 Å². The molecule has 0 radical (unpaired) electrons. The Kier molecular flexibility index (Phi) is 3.85. The third-order valence-electron chi connectivity index (χ3n) is 2.36. The molecule has 0 saturated heterocycles. The van der Waals surface area contributed by atoms with Gasteiger partial charge in [0, 0.05) is 10.9 Å². The molecule has 0 aliphatic rings. The van der Waals surface area contributed by atoms with E-state index in [1.54, 1.807) is 0 Å². The highest BCUT2D eigenvalue weighted by Crippen LogP contribution is 2.38. The maximum Gasteiger partial charge on any atom is 0.416 e. The number of hydrogen-bond donors (Lipinski definition) is 0. The Bertz CT molecular complexity index is 598. The van der Waals surface area contributed by atoms with Crippen molar-refractivity contribution in [2.75, 3.05) is 0 Å². The lowest BCUT2D eigenvalue weighted by Crippen LogP contribution is -2.11. The second kappa shape index (κ2) is 5.03. The van der Waals surface area contributed by atoms with E-state index >= 15 is 0 Å². The number of halogens is 7. The lowest BCUT2D eigenvalue weighted by atomic mass is 10.0. The Morgan fingerprint density at radius 1 is 0.900 bits per heavy atom. The molecule has 0 saturated carbocycles. The van der Waals surface area contributed by atoms with Crippen LogP contribution in [0.2, 0.25) is 0 Å². The molecule has 0 aliphatic carbocycles. The molecule has 0 fully saturated rings. The van der Waals surface area contributed by atoms with E-state index in [0.29, 0.717) is 16.0 Å². The molecule has 0 amide bonds. The van der Waals surface area contributed by atoms with Crippen molar-refractivity contribution in [1.82, 2.24) is 4.98 Å². The van der Waals surface area contributed by atoms with E-state index in [-0.39, 0.29) is 17.3 Å². The third-order valence-corrected chi connectivity index (χ3v) is 3.72. The topological polar surface area (TPSA) is 12.9 Å². The summed E-state index contributed by atoms with van der Waals surface area (Å²) in [5, 5.41) is 1.37. The van der Waals surface area contributed by atoms with Gasteiger partial charge in [0.2, 0.25) is 0 Å². The summed E-state index contributed by atoms with van der Waals surface area (Å²) in [6, 6.07) is 1.39. The van der Waals surface area contributed by atoms with E-state index < -0.39 is 23.5 Å². The lowest BCUT2D eigenvalue weighted by molar-refractivity contribution is -0.143. The summed E-state index contributed by atoms with van der Waals surface area (Å²) >= 11 is 4.08. The van der Waals surface area contributed by atoms with Gasteiger partial charge in [0.1, 0.15) is 0 Å². The zero-order chi connectivity index (χ0) is 15.1. The summed E-state index contributed by atoms with van der Waals surface area (Å²) in [6.45, 7) is 0. The fourth-order valence-electron chi connectivity index (χ4n) is 1.49. The highest BCUT2D eigenvalue weighted by Gasteiger charge is 2.37. The zero-order valence-electron chi connectivity index (χ0n) is 9.31. The monoisotopic (exact) mass is 375 g/mol. The van der Waals surface area contributed by atoms with Crippen LogP contribution < -0.4 is 0 Å². The highest BCUT2D eigenvalue weighted by molar-refractivity contribution is 9.11. The van der Waals surface area contributed by atoms with Crippen molar-refractivity contribution < 1.29 is 26.3 Å². The van der Waals surface area contributed by atoms with E-state index in [0.717, 1.165) is 11.3 Å². The standard InChI is InChI=1S/C11H4BrF6NS/c12-9-19-8(4-20-9)5-1-6(10(13,14)15)3-7(2-5)11(16,17)18/h1-4H. The molecule has 1 aromatic carbocycles. The van der Waals surface area contributed by atoms with Gasteiger partial charge in [-0.05, 0) is 34.1 Å². The van der Waals surface area contributed by atoms with Crippen LogP contribution >= 0.6 is 27.3 Å². The summed E-state index contributed by atoms with van der Waals surface area (Å²) in [5.74, 6) is 0. The van der Waals surface area contributed by atoms with Crippen LogP contribution in [0.25, 0.3) is 11.3 Å². The molecule has 1 nitrogen and oxygen atoms in total. The van der Waals surface area contributed by atoms with Gasteiger partial charge >= 0.3 is 12.4 Å². The largest absolute Gasteiger partial charge is 0.416 e. The van der Waals surface area contributed by atoms with Crippen LogP contribution in [0.4, 0.5) is 26.3 Å². The van der Waals surface area contributed by atoms with Crippen molar-refractivity contribution >= 4 is 27.3 Å². The fourth-order valence-corrected chi connectivity index (χ4v) is 2.51. The number of hydrogen-bond acceptors (Lipinski definition) is 2. The molecule has 0 unspecified atom stereocenters. The molecule has 2 aromatic rings. The summed E-state index contributed by atoms with van der Waals surface area (Å²) in [6.07, 6.45) is -9.72. The second-order valence-corrected chi connectivity index (χ2v) is 5.91. The number of nitrogens with zero attached hydrogens (tertiary/aromatic N) is 1. The number of benzene rings is 1. The van der Waals surface area contributed by atoms with Crippen LogP contribution in [0.1, 0.15) is 11.1 Å². The smallest absolute Gasteiger partial charge is 0.229 e. The number of aromatic nitrogens is 1. The Morgan fingerprint density at radius 3 is 1.75 bits per heavy atom. The van der Waals surface area contributed by atoms with Crippen molar-refractivity contribution in [1.29, 1.82) is 0 Å². The SMILES string of the molecule is FC(F)(F)c1cc(-c2csc(Br)n2)cc(C(F)(F)F)c1. The second-order valence-electron chi connectivity index (χ2n) is 3.78. The third kappa shape index (κ3) is 3.32. The van der Waals surface area contributed by atoms with E-state index in [2.05, 4.69) is 20.9 Å². The Balaban J connectivity index is 2.63. The molecule has 108 valence electrons. The van der Waals surface area contributed by atoms with Gasteiger partial charge in [-0.25, -0.2) is 4.98 Å². The van der Waals surface area contributed by atoms with Gasteiger partial charge in [0.05, 0.1) is 16.8 Å². The van der Waals surface area contributed by atoms with E-state index in [1.165, 1.54) is 5.38 Å². The van der Waals surface area contributed by atoms with Gasteiger partial charge in [-0.1, -0.05) is 0 Å². The summed E-state index contributed by atoms with van der Waals surface area (Å²) in [4.78, 5) is 3.83. The number of rotatable bonds is 1. The molecular formula is C11H4BrF6NS. The molecule has 1 aromatic heterocycles. The fraction of sp³-hybridized carbons (Fsp3) is 0.182. The molecule has 1 heterocycles. The average Bonchev–Trinajstić information content (AvgIpc) is 2.73. The molecule has 0 aliphatic heterocycles. The minimum Gasteiger partial charge on any atom is -0.229 e. The summed E-state index contributed by atoms with van der Waals surface area (Å²) < 4.78 is 76.3. The first kappa shape index (κ1) is 15.3. The van der Waals surface area contributed by atoms with Crippen LogP contribution in [0, 0.1) is 0 Å². The Morgan fingerprint density at radius 2 is 1.40 bits per heavy atom. The van der Waals surface area contributed by atoms with E-state index in [4.69, 9.17) is 0 Å². The van der Waals surface area contributed by atoms with Gasteiger partial charge in [-0.2, -0.15) is 26.3 Å². The van der Waals surface area contributed by atoms with Crippen molar-refractivity contribution in [3.63, 3.8) is 0 Å². The molecule has 0 atom stereocenters. The first-order chi connectivity index (χ1) is 9.07. The van der Waals surface area contributed by atoms with Crippen LogP contribution in [-0.2, 0) is 12.4 Å².